The number of rotatable bonds is 1. The lowest BCUT2D eigenvalue weighted by molar-refractivity contribution is -0.605. The van der Waals surface area contributed by atoms with Gasteiger partial charge in [0.15, 0.2) is 12.4 Å². The van der Waals surface area contributed by atoms with Gasteiger partial charge in [-0.05, 0) is 13.0 Å². The number of hydrogen-bond donors (Lipinski definition) is 1. The summed E-state index contributed by atoms with van der Waals surface area (Å²) in [4.78, 5) is 0. The first kappa shape index (κ1) is 7.53. The van der Waals surface area contributed by atoms with Gasteiger partial charge in [-0.3, -0.25) is 0 Å². The highest BCUT2D eigenvalue weighted by atomic mass is 16.5. The predicted molar refractivity (Wildman–Crippen MR) is 39.4 cm³/mol. The number of hydrogen-bond acceptors (Lipinski definition) is 3. The molecule has 0 saturated carbocycles. The Morgan fingerprint density at radius 1 is 1.73 bits per heavy atom. The van der Waals surface area contributed by atoms with E-state index in [4.69, 9.17) is 5.21 Å². The van der Waals surface area contributed by atoms with Gasteiger partial charge < -0.3 is 10.4 Å². The maximum absolute atomic E-state index is 10.7. The van der Waals surface area contributed by atoms with Crippen molar-refractivity contribution >= 4 is 5.71 Å². The van der Waals surface area contributed by atoms with Crippen molar-refractivity contribution < 1.29 is 9.94 Å². The maximum Gasteiger partial charge on any atom is 0.189 e. The van der Waals surface area contributed by atoms with Gasteiger partial charge in [-0.1, -0.05) is 5.16 Å². The van der Waals surface area contributed by atoms with Gasteiger partial charge in [0.1, 0.15) is 0 Å². The molecular formula is C7H8N2O2. The zero-order valence-corrected chi connectivity index (χ0v) is 6.06. The number of nitrogens with zero attached hydrogens (tertiary/aromatic N) is 2. The number of aromatic nitrogens is 1. The van der Waals surface area contributed by atoms with Gasteiger partial charge in [-0.2, -0.15) is 4.73 Å². The SMILES string of the molecule is CC(=NO)c1ccc[n+]([O-])c1. The van der Waals surface area contributed by atoms with Crippen LogP contribution < -0.4 is 4.73 Å². The first-order chi connectivity index (χ1) is 5.24. The van der Waals surface area contributed by atoms with Gasteiger partial charge in [0, 0.05) is 6.07 Å². The van der Waals surface area contributed by atoms with Crippen LogP contribution in [0.1, 0.15) is 12.5 Å². The molecule has 0 aliphatic carbocycles. The summed E-state index contributed by atoms with van der Waals surface area (Å²) in [6.07, 6.45) is 2.71. The maximum atomic E-state index is 10.7. The minimum Gasteiger partial charge on any atom is -0.619 e. The smallest absolute Gasteiger partial charge is 0.189 e. The van der Waals surface area contributed by atoms with Crippen LogP contribution in [-0.2, 0) is 0 Å². The second-order valence-corrected chi connectivity index (χ2v) is 2.14. The van der Waals surface area contributed by atoms with Crippen LogP contribution in [0.3, 0.4) is 0 Å². The van der Waals surface area contributed by atoms with Gasteiger partial charge in [0.05, 0.1) is 11.3 Å². The molecule has 11 heavy (non-hydrogen) atoms. The Balaban J connectivity index is 3.06. The fourth-order valence-electron chi connectivity index (χ4n) is 0.726. The lowest BCUT2D eigenvalue weighted by atomic mass is 10.2. The quantitative estimate of drug-likeness (QED) is 0.209. The van der Waals surface area contributed by atoms with Crippen molar-refractivity contribution in [3.8, 4) is 0 Å². The van der Waals surface area contributed by atoms with E-state index in [2.05, 4.69) is 5.16 Å². The summed E-state index contributed by atoms with van der Waals surface area (Å²) >= 11 is 0. The van der Waals surface area contributed by atoms with Crippen molar-refractivity contribution in [3.05, 3.63) is 35.3 Å². The highest BCUT2D eigenvalue weighted by molar-refractivity contribution is 5.97. The van der Waals surface area contributed by atoms with Gasteiger partial charge >= 0.3 is 0 Å². The van der Waals surface area contributed by atoms with E-state index < -0.39 is 0 Å². The standard InChI is InChI=1S/C7H8N2O2/c1-6(8-10)7-3-2-4-9(11)5-7/h2-5,10H,1H3. The summed E-state index contributed by atoms with van der Waals surface area (Å²) in [5.41, 5.74) is 1.04. The monoisotopic (exact) mass is 152 g/mol. The third-order valence-electron chi connectivity index (χ3n) is 1.34. The molecule has 0 fully saturated rings. The molecule has 0 bridgehead atoms. The molecule has 58 valence electrons. The first-order valence-corrected chi connectivity index (χ1v) is 3.12. The lowest BCUT2D eigenvalue weighted by Crippen LogP contribution is -2.25. The van der Waals surface area contributed by atoms with Crippen molar-refractivity contribution in [1.82, 2.24) is 0 Å². The Morgan fingerprint density at radius 2 is 2.45 bits per heavy atom. The Labute approximate surface area is 64.0 Å². The highest BCUT2D eigenvalue weighted by Gasteiger charge is 1.99. The molecule has 1 aromatic heterocycles. The molecule has 0 aliphatic heterocycles. The fourth-order valence-corrected chi connectivity index (χ4v) is 0.726. The van der Waals surface area contributed by atoms with E-state index in [9.17, 15) is 5.21 Å². The fraction of sp³-hybridized carbons (Fsp3) is 0.143. The average molecular weight is 152 g/mol. The summed E-state index contributed by atoms with van der Waals surface area (Å²) in [7, 11) is 0. The minimum absolute atomic E-state index is 0.426. The molecule has 0 spiro atoms. The van der Waals surface area contributed by atoms with Crippen LogP contribution in [0.5, 0.6) is 0 Å². The van der Waals surface area contributed by atoms with Crippen LogP contribution in [0, 0.1) is 5.21 Å². The Hall–Kier alpha value is -1.58. The molecule has 1 rings (SSSR count). The van der Waals surface area contributed by atoms with E-state index >= 15 is 0 Å². The molecule has 0 radical (unpaired) electrons. The topological polar surface area (TPSA) is 59.5 Å². The van der Waals surface area contributed by atoms with E-state index in [1.165, 1.54) is 12.4 Å². The molecule has 1 heterocycles. The van der Waals surface area contributed by atoms with E-state index in [-0.39, 0.29) is 0 Å². The van der Waals surface area contributed by atoms with Gasteiger partial charge in [0.25, 0.3) is 0 Å². The number of pyridine rings is 1. The molecule has 1 aromatic rings. The van der Waals surface area contributed by atoms with E-state index in [1.807, 2.05) is 0 Å². The van der Waals surface area contributed by atoms with Crippen LogP contribution in [0.2, 0.25) is 0 Å². The Kier molecular flexibility index (Phi) is 2.06. The molecule has 0 aromatic carbocycles. The zero-order chi connectivity index (χ0) is 8.27. The van der Waals surface area contributed by atoms with Crippen molar-refractivity contribution in [2.24, 2.45) is 5.16 Å². The largest absolute Gasteiger partial charge is 0.619 e. The van der Waals surface area contributed by atoms with Crippen LogP contribution in [0.15, 0.2) is 29.7 Å². The molecule has 4 nitrogen and oxygen atoms in total. The van der Waals surface area contributed by atoms with E-state index in [0.717, 1.165) is 0 Å². The van der Waals surface area contributed by atoms with Gasteiger partial charge in [0.2, 0.25) is 0 Å². The van der Waals surface area contributed by atoms with E-state index in [1.54, 1.807) is 19.1 Å². The van der Waals surface area contributed by atoms with Crippen molar-refractivity contribution in [1.29, 1.82) is 0 Å². The van der Waals surface area contributed by atoms with Crippen LogP contribution >= 0.6 is 0 Å². The zero-order valence-electron chi connectivity index (χ0n) is 6.06. The number of oxime groups is 1. The molecular weight excluding hydrogens is 144 g/mol. The van der Waals surface area contributed by atoms with Crippen molar-refractivity contribution in [3.63, 3.8) is 0 Å². The van der Waals surface area contributed by atoms with Crippen molar-refractivity contribution in [2.45, 2.75) is 6.92 Å². The van der Waals surface area contributed by atoms with E-state index in [0.29, 0.717) is 16.0 Å². The summed E-state index contributed by atoms with van der Waals surface area (Å²) in [6, 6.07) is 3.29. The van der Waals surface area contributed by atoms with Gasteiger partial charge in [-0.25, -0.2) is 0 Å². The Morgan fingerprint density at radius 3 is 3.00 bits per heavy atom. The molecule has 0 saturated heterocycles. The average Bonchev–Trinajstić information content (AvgIpc) is 2.03. The molecule has 1 N–H and O–H groups in total. The summed E-state index contributed by atoms with van der Waals surface area (Å²) in [6.45, 7) is 1.62. The molecule has 0 amide bonds. The predicted octanol–water partition coefficient (Wildman–Crippen LogP) is 0.518. The summed E-state index contributed by atoms with van der Waals surface area (Å²) in [5, 5.41) is 22.0. The van der Waals surface area contributed by atoms with Crippen LogP contribution in [-0.4, -0.2) is 10.9 Å². The summed E-state index contributed by atoms with van der Waals surface area (Å²) in [5.74, 6) is 0. The first-order valence-electron chi connectivity index (χ1n) is 3.12. The molecule has 4 heteroatoms. The molecule has 0 aliphatic rings. The normalized spacial score (nSPS) is 11.5. The van der Waals surface area contributed by atoms with Gasteiger partial charge in [-0.15, -0.1) is 0 Å². The summed E-state index contributed by atoms with van der Waals surface area (Å²) < 4.78 is 0.657. The second-order valence-electron chi connectivity index (χ2n) is 2.14. The van der Waals surface area contributed by atoms with Crippen molar-refractivity contribution in [2.75, 3.05) is 0 Å². The lowest BCUT2D eigenvalue weighted by Gasteiger charge is -1.97. The molecule has 0 unspecified atom stereocenters. The third-order valence-corrected chi connectivity index (χ3v) is 1.34. The Bertz CT molecular complexity index is 284. The van der Waals surface area contributed by atoms with Crippen LogP contribution in [0.25, 0.3) is 0 Å². The molecule has 0 atom stereocenters. The minimum atomic E-state index is 0.426. The van der Waals surface area contributed by atoms with Crippen LogP contribution in [0.4, 0.5) is 0 Å². The second kappa shape index (κ2) is 3.01. The highest BCUT2D eigenvalue weighted by Crippen LogP contribution is 1.95. The third kappa shape index (κ3) is 1.67.